The minimum atomic E-state index is -0.746. The van der Waals surface area contributed by atoms with Crippen LogP contribution in [0.2, 0.25) is 0 Å². The number of carbonyl (C=O) groups is 1. The van der Waals surface area contributed by atoms with Crippen LogP contribution < -0.4 is 0 Å². The standard InChI is InChI=1S/C11H12N2O2S2/c1-7-5-8-10(12-6-13-11(8)17-7)16-4-2-3-9(14)15/h5-6H,2-4H2,1H3,(H,14,15). The first-order valence-electron chi connectivity index (χ1n) is 5.22. The van der Waals surface area contributed by atoms with Crippen molar-refractivity contribution in [3.8, 4) is 0 Å². The van der Waals surface area contributed by atoms with E-state index in [-0.39, 0.29) is 6.42 Å². The van der Waals surface area contributed by atoms with E-state index in [0.29, 0.717) is 6.42 Å². The van der Waals surface area contributed by atoms with Gasteiger partial charge in [-0.05, 0) is 19.4 Å². The van der Waals surface area contributed by atoms with Gasteiger partial charge in [0.25, 0.3) is 0 Å². The van der Waals surface area contributed by atoms with Crippen LogP contribution in [0.1, 0.15) is 17.7 Å². The molecule has 0 radical (unpaired) electrons. The molecule has 0 fully saturated rings. The highest BCUT2D eigenvalue weighted by atomic mass is 32.2. The maximum Gasteiger partial charge on any atom is 0.303 e. The van der Waals surface area contributed by atoms with Gasteiger partial charge >= 0.3 is 5.97 Å². The highest BCUT2D eigenvalue weighted by Gasteiger charge is 2.07. The number of carboxylic acids is 1. The highest BCUT2D eigenvalue weighted by molar-refractivity contribution is 7.99. The molecular weight excluding hydrogens is 256 g/mol. The molecule has 0 atom stereocenters. The summed E-state index contributed by atoms with van der Waals surface area (Å²) in [6.07, 6.45) is 2.44. The number of nitrogens with zero attached hydrogens (tertiary/aromatic N) is 2. The topological polar surface area (TPSA) is 63.1 Å². The molecule has 0 unspecified atom stereocenters. The number of aliphatic carboxylic acids is 1. The summed E-state index contributed by atoms with van der Waals surface area (Å²) in [6, 6.07) is 2.08. The summed E-state index contributed by atoms with van der Waals surface area (Å²) >= 11 is 3.25. The largest absolute Gasteiger partial charge is 0.481 e. The summed E-state index contributed by atoms with van der Waals surface area (Å²) in [7, 11) is 0. The van der Waals surface area contributed by atoms with Crippen molar-refractivity contribution in [3.63, 3.8) is 0 Å². The van der Waals surface area contributed by atoms with E-state index in [1.54, 1.807) is 29.4 Å². The first-order chi connectivity index (χ1) is 8.16. The molecule has 0 amide bonds. The van der Waals surface area contributed by atoms with Crippen LogP contribution >= 0.6 is 23.1 Å². The smallest absolute Gasteiger partial charge is 0.303 e. The quantitative estimate of drug-likeness (QED) is 0.513. The maximum atomic E-state index is 10.4. The summed E-state index contributed by atoms with van der Waals surface area (Å²) in [5.74, 6) is 0.0256. The molecule has 0 bridgehead atoms. The van der Waals surface area contributed by atoms with Gasteiger partial charge < -0.3 is 5.11 Å². The van der Waals surface area contributed by atoms with Crippen LogP contribution in [0, 0.1) is 6.92 Å². The Balaban J connectivity index is 2.05. The Labute approximate surface area is 107 Å². The van der Waals surface area contributed by atoms with Crippen LogP contribution in [0.3, 0.4) is 0 Å². The molecule has 90 valence electrons. The summed E-state index contributed by atoms with van der Waals surface area (Å²) in [4.78, 5) is 21.1. The maximum absolute atomic E-state index is 10.4. The normalized spacial score (nSPS) is 10.9. The second kappa shape index (κ2) is 5.46. The second-order valence-corrected chi connectivity index (χ2v) is 5.92. The van der Waals surface area contributed by atoms with Crippen LogP contribution in [0.4, 0.5) is 0 Å². The molecule has 2 aromatic rings. The lowest BCUT2D eigenvalue weighted by atomic mass is 10.3. The van der Waals surface area contributed by atoms with Crippen molar-refractivity contribution in [1.82, 2.24) is 9.97 Å². The molecule has 2 rings (SSSR count). The Morgan fingerprint density at radius 1 is 1.53 bits per heavy atom. The molecule has 4 nitrogen and oxygen atoms in total. The zero-order chi connectivity index (χ0) is 12.3. The van der Waals surface area contributed by atoms with Gasteiger partial charge in [0, 0.05) is 22.4 Å². The van der Waals surface area contributed by atoms with E-state index >= 15 is 0 Å². The van der Waals surface area contributed by atoms with Crippen molar-refractivity contribution >= 4 is 39.3 Å². The van der Waals surface area contributed by atoms with E-state index < -0.39 is 5.97 Å². The van der Waals surface area contributed by atoms with Crippen LogP contribution in [0.25, 0.3) is 10.2 Å². The summed E-state index contributed by atoms with van der Waals surface area (Å²) in [6.45, 7) is 2.05. The van der Waals surface area contributed by atoms with E-state index in [1.807, 2.05) is 6.92 Å². The lowest BCUT2D eigenvalue weighted by molar-refractivity contribution is -0.137. The van der Waals surface area contributed by atoms with Crippen molar-refractivity contribution in [2.24, 2.45) is 0 Å². The zero-order valence-corrected chi connectivity index (χ0v) is 11.0. The van der Waals surface area contributed by atoms with Gasteiger partial charge in [-0.3, -0.25) is 4.79 Å². The number of aryl methyl sites for hydroxylation is 1. The molecule has 2 aromatic heterocycles. The van der Waals surface area contributed by atoms with Crippen molar-refractivity contribution in [2.45, 2.75) is 24.8 Å². The molecule has 1 N–H and O–H groups in total. The fourth-order valence-electron chi connectivity index (χ4n) is 1.46. The number of rotatable bonds is 5. The Kier molecular flexibility index (Phi) is 3.96. The van der Waals surface area contributed by atoms with Gasteiger partial charge in [-0.2, -0.15) is 0 Å². The van der Waals surface area contributed by atoms with E-state index in [0.717, 1.165) is 21.0 Å². The van der Waals surface area contributed by atoms with Gasteiger partial charge in [-0.25, -0.2) is 9.97 Å². The predicted molar refractivity (Wildman–Crippen MR) is 69.7 cm³/mol. The third-order valence-corrected chi connectivity index (χ3v) is 4.24. The molecule has 2 heterocycles. The average Bonchev–Trinajstić information content (AvgIpc) is 2.65. The minimum Gasteiger partial charge on any atom is -0.481 e. The molecule has 0 aromatic carbocycles. The lowest BCUT2D eigenvalue weighted by Gasteiger charge is -2.00. The van der Waals surface area contributed by atoms with E-state index in [4.69, 9.17) is 5.11 Å². The number of fused-ring (bicyclic) bond motifs is 1. The fourth-order valence-corrected chi connectivity index (χ4v) is 3.29. The summed E-state index contributed by atoms with van der Waals surface area (Å²) < 4.78 is 0. The zero-order valence-electron chi connectivity index (χ0n) is 9.34. The Morgan fingerprint density at radius 2 is 2.35 bits per heavy atom. The van der Waals surface area contributed by atoms with Crippen LogP contribution in [-0.2, 0) is 4.79 Å². The Morgan fingerprint density at radius 3 is 3.12 bits per heavy atom. The fraction of sp³-hybridized carbons (Fsp3) is 0.364. The second-order valence-electron chi connectivity index (χ2n) is 3.60. The third-order valence-electron chi connectivity index (χ3n) is 2.19. The van der Waals surface area contributed by atoms with Gasteiger partial charge in [0.2, 0.25) is 0 Å². The Hall–Kier alpha value is -1.14. The molecular formula is C11H12N2O2S2. The average molecular weight is 268 g/mol. The number of thioether (sulfide) groups is 1. The van der Waals surface area contributed by atoms with Gasteiger partial charge in [0.05, 0.1) is 0 Å². The first-order valence-corrected chi connectivity index (χ1v) is 7.03. The monoisotopic (exact) mass is 268 g/mol. The van der Waals surface area contributed by atoms with E-state index in [1.165, 1.54) is 4.88 Å². The minimum absolute atomic E-state index is 0.212. The molecule has 0 spiro atoms. The first kappa shape index (κ1) is 12.3. The van der Waals surface area contributed by atoms with Crippen LogP contribution in [0.5, 0.6) is 0 Å². The number of thiophene rings is 1. The molecule has 0 saturated carbocycles. The van der Waals surface area contributed by atoms with Crippen molar-refractivity contribution in [2.75, 3.05) is 5.75 Å². The van der Waals surface area contributed by atoms with Gasteiger partial charge in [0.1, 0.15) is 16.2 Å². The van der Waals surface area contributed by atoms with Crippen molar-refractivity contribution in [3.05, 3.63) is 17.3 Å². The number of hydrogen-bond acceptors (Lipinski definition) is 5. The van der Waals surface area contributed by atoms with E-state index in [9.17, 15) is 4.79 Å². The number of hydrogen-bond donors (Lipinski definition) is 1. The summed E-state index contributed by atoms with van der Waals surface area (Å²) in [5.41, 5.74) is 0. The lowest BCUT2D eigenvalue weighted by Crippen LogP contribution is -1.95. The third kappa shape index (κ3) is 3.17. The predicted octanol–water partition coefficient (Wildman–Crippen LogP) is 2.96. The molecule has 0 aliphatic heterocycles. The Bertz CT molecular complexity index is 539. The molecule has 0 aliphatic rings. The summed E-state index contributed by atoms with van der Waals surface area (Å²) in [5, 5.41) is 10.6. The SMILES string of the molecule is Cc1cc2c(SCCCC(=O)O)ncnc2s1. The van der Waals surface area contributed by atoms with E-state index in [2.05, 4.69) is 16.0 Å². The highest BCUT2D eigenvalue weighted by Crippen LogP contribution is 2.30. The van der Waals surface area contributed by atoms with Gasteiger partial charge in [0.15, 0.2) is 0 Å². The number of carboxylic acid groups (broad SMARTS) is 1. The van der Waals surface area contributed by atoms with Crippen molar-refractivity contribution < 1.29 is 9.90 Å². The molecule has 0 aliphatic carbocycles. The van der Waals surface area contributed by atoms with Crippen LogP contribution in [-0.4, -0.2) is 26.8 Å². The van der Waals surface area contributed by atoms with Gasteiger partial charge in [-0.15, -0.1) is 23.1 Å². The van der Waals surface area contributed by atoms with Crippen molar-refractivity contribution in [1.29, 1.82) is 0 Å². The molecule has 17 heavy (non-hydrogen) atoms. The number of aromatic nitrogens is 2. The van der Waals surface area contributed by atoms with Gasteiger partial charge in [-0.1, -0.05) is 0 Å². The molecule has 6 heteroatoms. The van der Waals surface area contributed by atoms with Crippen LogP contribution in [0.15, 0.2) is 17.4 Å². The molecule has 0 saturated heterocycles.